The second-order valence-corrected chi connectivity index (χ2v) is 6.30. The molecule has 0 aromatic carbocycles. The van der Waals surface area contributed by atoms with Crippen LogP contribution in [0.3, 0.4) is 0 Å². The zero-order chi connectivity index (χ0) is 14.2. The van der Waals surface area contributed by atoms with Crippen LogP contribution in [0.15, 0.2) is 0 Å². The Morgan fingerprint density at radius 3 is 2.17 bits per heavy atom. The van der Waals surface area contributed by atoms with E-state index < -0.39 is 5.54 Å². The highest BCUT2D eigenvalue weighted by Gasteiger charge is 2.29. The third-order valence-corrected chi connectivity index (χ3v) is 3.05. The van der Waals surface area contributed by atoms with Gasteiger partial charge in [0.25, 0.3) is 0 Å². The largest absolute Gasteiger partial charge is 0.381 e. The third kappa shape index (κ3) is 7.67. The fraction of sp³-hybridized carbons (Fsp3) is 0.929. The second-order valence-electron chi connectivity index (χ2n) is 6.30. The summed E-state index contributed by atoms with van der Waals surface area (Å²) in [5, 5.41) is 3.20. The molecule has 1 unspecified atom stereocenters. The Labute approximate surface area is 112 Å². The van der Waals surface area contributed by atoms with Gasteiger partial charge < -0.3 is 15.8 Å². The molecule has 1 amide bonds. The van der Waals surface area contributed by atoms with Gasteiger partial charge in [0.2, 0.25) is 5.91 Å². The monoisotopic (exact) mass is 258 g/mol. The number of carbonyl (C=O) groups excluding carboxylic acids is 1. The molecule has 0 spiro atoms. The van der Waals surface area contributed by atoms with E-state index in [1.54, 1.807) is 0 Å². The molecule has 0 bridgehead atoms. The van der Waals surface area contributed by atoms with E-state index in [1.165, 1.54) is 0 Å². The summed E-state index contributed by atoms with van der Waals surface area (Å²) in [6.07, 6.45) is 2.61. The van der Waals surface area contributed by atoms with E-state index in [0.717, 1.165) is 26.0 Å². The van der Waals surface area contributed by atoms with E-state index in [-0.39, 0.29) is 11.3 Å². The zero-order valence-corrected chi connectivity index (χ0v) is 12.6. The number of carbonyl (C=O) groups is 1. The third-order valence-electron chi connectivity index (χ3n) is 3.05. The summed E-state index contributed by atoms with van der Waals surface area (Å²) in [6, 6.07) is 0. The lowest BCUT2D eigenvalue weighted by molar-refractivity contribution is -0.124. The number of rotatable bonds is 9. The van der Waals surface area contributed by atoms with Crippen LogP contribution in [0.1, 0.15) is 53.9 Å². The van der Waals surface area contributed by atoms with Crippen LogP contribution in [-0.4, -0.2) is 31.2 Å². The van der Waals surface area contributed by atoms with Crippen LogP contribution in [0, 0.1) is 5.41 Å². The van der Waals surface area contributed by atoms with Gasteiger partial charge in [-0.1, -0.05) is 27.7 Å². The molecule has 0 fully saturated rings. The molecule has 0 rings (SSSR count). The molecule has 0 saturated heterocycles. The van der Waals surface area contributed by atoms with E-state index in [4.69, 9.17) is 10.5 Å². The van der Waals surface area contributed by atoms with Gasteiger partial charge in [0.05, 0.1) is 5.54 Å². The predicted molar refractivity (Wildman–Crippen MR) is 75.4 cm³/mol. The molecule has 1 atom stereocenters. The van der Waals surface area contributed by atoms with E-state index in [9.17, 15) is 4.79 Å². The number of nitrogens with two attached hydrogens (primary N) is 1. The van der Waals surface area contributed by atoms with Crippen LogP contribution in [0.5, 0.6) is 0 Å². The fourth-order valence-electron chi connectivity index (χ4n) is 1.46. The molecular formula is C14H30N2O2. The van der Waals surface area contributed by atoms with Gasteiger partial charge in [-0.3, -0.25) is 4.79 Å². The minimum atomic E-state index is -0.655. The van der Waals surface area contributed by atoms with Crippen LogP contribution < -0.4 is 11.1 Å². The smallest absolute Gasteiger partial charge is 0.237 e. The number of hydrogen-bond acceptors (Lipinski definition) is 3. The van der Waals surface area contributed by atoms with Crippen molar-refractivity contribution in [2.75, 3.05) is 19.8 Å². The van der Waals surface area contributed by atoms with Crippen molar-refractivity contribution in [1.82, 2.24) is 5.32 Å². The SMILES string of the molecule is CCCNC(C)(CCOCCC(C)(C)C)C(N)=O. The Morgan fingerprint density at radius 1 is 1.17 bits per heavy atom. The number of hydrogen-bond donors (Lipinski definition) is 2. The molecule has 0 aliphatic rings. The van der Waals surface area contributed by atoms with Gasteiger partial charge in [-0.25, -0.2) is 0 Å². The standard InChI is InChI=1S/C14H30N2O2/c1-6-9-16-14(5,12(15)17)8-11-18-10-7-13(2,3)4/h16H,6-11H2,1-5H3,(H2,15,17). The Morgan fingerprint density at radius 2 is 1.72 bits per heavy atom. The van der Waals surface area contributed by atoms with Gasteiger partial charge in [-0.15, -0.1) is 0 Å². The highest BCUT2D eigenvalue weighted by molar-refractivity contribution is 5.84. The lowest BCUT2D eigenvalue weighted by Gasteiger charge is -2.27. The average molecular weight is 258 g/mol. The van der Waals surface area contributed by atoms with Gasteiger partial charge in [0.1, 0.15) is 0 Å². The molecule has 3 N–H and O–H groups in total. The highest BCUT2D eigenvalue weighted by Crippen LogP contribution is 2.18. The van der Waals surface area contributed by atoms with Crippen molar-refractivity contribution in [2.45, 2.75) is 59.4 Å². The van der Waals surface area contributed by atoms with Crippen molar-refractivity contribution >= 4 is 5.91 Å². The molecule has 0 aliphatic carbocycles. The molecule has 0 heterocycles. The molecule has 18 heavy (non-hydrogen) atoms. The second kappa shape index (κ2) is 7.74. The molecule has 4 heteroatoms. The molecule has 0 aromatic rings. The first-order chi connectivity index (χ1) is 8.21. The van der Waals surface area contributed by atoms with Crippen molar-refractivity contribution in [3.8, 4) is 0 Å². The van der Waals surface area contributed by atoms with Gasteiger partial charge in [-0.05, 0) is 38.1 Å². The molecule has 0 aromatic heterocycles. The summed E-state index contributed by atoms with van der Waals surface area (Å²) in [5.41, 5.74) is 5.07. The van der Waals surface area contributed by atoms with Crippen LogP contribution >= 0.6 is 0 Å². The van der Waals surface area contributed by atoms with Gasteiger partial charge in [-0.2, -0.15) is 0 Å². The quantitative estimate of drug-likeness (QED) is 0.622. The van der Waals surface area contributed by atoms with E-state index in [1.807, 2.05) is 6.92 Å². The predicted octanol–water partition coefficient (Wildman–Crippen LogP) is 2.07. The van der Waals surface area contributed by atoms with Crippen molar-refractivity contribution in [3.05, 3.63) is 0 Å². The molecule has 0 radical (unpaired) electrons. The maximum atomic E-state index is 11.5. The van der Waals surface area contributed by atoms with Crippen LogP contribution in [0.4, 0.5) is 0 Å². The van der Waals surface area contributed by atoms with Crippen LogP contribution in [0.2, 0.25) is 0 Å². The Hall–Kier alpha value is -0.610. The summed E-state index contributed by atoms with van der Waals surface area (Å²) in [6.45, 7) is 12.6. The minimum absolute atomic E-state index is 0.285. The summed E-state index contributed by atoms with van der Waals surface area (Å²) < 4.78 is 5.59. The molecule has 0 aliphatic heterocycles. The molecular weight excluding hydrogens is 228 g/mol. The fourth-order valence-corrected chi connectivity index (χ4v) is 1.46. The molecule has 0 saturated carbocycles. The normalized spacial score (nSPS) is 15.4. The van der Waals surface area contributed by atoms with Crippen molar-refractivity contribution < 1.29 is 9.53 Å². The number of amides is 1. The molecule has 4 nitrogen and oxygen atoms in total. The lowest BCUT2D eigenvalue weighted by atomic mass is 9.93. The highest BCUT2D eigenvalue weighted by atomic mass is 16.5. The van der Waals surface area contributed by atoms with Crippen molar-refractivity contribution in [2.24, 2.45) is 11.1 Å². The maximum Gasteiger partial charge on any atom is 0.237 e. The van der Waals surface area contributed by atoms with Gasteiger partial charge >= 0.3 is 0 Å². The van der Waals surface area contributed by atoms with E-state index >= 15 is 0 Å². The van der Waals surface area contributed by atoms with E-state index in [0.29, 0.717) is 13.0 Å². The first kappa shape index (κ1) is 17.4. The maximum absolute atomic E-state index is 11.5. The van der Waals surface area contributed by atoms with Crippen molar-refractivity contribution in [1.29, 1.82) is 0 Å². The summed E-state index contributed by atoms with van der Waals surface area (Å²) in [7, 11) is 0. The number of nitrogens with one attached hydrogen (secondary N) is 1. The topological polar surface area (TPSA) is 64.3 Å². The van der Waals surface area contributed by atoms with Gasteiger partial charge in [0, 0.05) is 13.2 Å². The van der Waals surface area contributed by atoms with Crippen molar-refractivity contribution in [3.63, 3.8) is 0 Å². The summed E-state index contributed by atoms with van der Waals surface area (Å²) >= 11 is 0. The Kier molecular flexibility index (Phi) is 7.48. The molecule has 108 valence electrons. The lowest BCUT2D eigenvalue weighted by Crippen LogP contribution is -2.54. The van der Waals surface area contributed by atoms with Gasteiger partial charge in [0.15, 0.2) is 0 Å². The number of ether oxygens (including phenoxy) is 1. The summed E-state index contributed by atoms with van der Waals surface area (Å²) in [4.78, 5) is 11.5. The zero-order valence-electron chi connectivity index (χ0n) is 12.6. The summed E-state index contributed by atoms with van der Waals surface area (Å²) in [5.74, 6) is -0.310. The van der Waals surface area contributed by atoms with Crippen LogP contribution in [0.25, 0.3) is 0 Å². The first-order valence-electron chi connectivity index (χ1n) is 6.84. The Bertz CT molecular complexity index is 249. The first-order valence-corrected chi connectivity index (χ1v) is 6.84. The minimum Gasteiger partial charge on any atom is -0.381 e. The van der Waals surface area contributed by atoms with E-state index in [2.05, 4.69) is 33.0 Å². The number of primary amides is 1. The average Bonchev–Trinajstić information content (AvgIpc) is 2.24. The Balaban J connectivity index is 3.95. The van der Waals surface area contributed by atoms with Crippen LogP contribution in [-0.2, 0) is 9.53 Å².